The molecule has 1 rings (SSSR count). The molecule has 1 aromatic rings. The second kappa shape index (κ2) is 5.71. The number of carbonyl (C=O) groups is 1. The molecule has 0 aliphatic heterocycles. The first-order chi connectivity index (χ1) is 8.58. The predicted octanol–water partition coefficient (Wildman–Crippen LogP) is 1.61. The summed E-state index contributed by atoms with van der Waals surface area (Å²) in [6, 6.07) is 6.15. The van der Waals surface area contributed by atoms with Gasteiger partial charge in [0.25, 0.3) is 0 Å². The van der Waals surface area contributed by atoms with E-state index in [0.29, 0.717) is 6.42 Å². The number of nitrogens with two attached hydrogens (primary N) is 1. The van der Waals surface area contributed by atoms with Crippen LogP contribution in [0.15, 0.2) is 29.2 Å². The van der Waals surface area contributed by atoms with Gasteiger partial charge in [-0.2, -0.15) is 0 Å². The fraction of sp³-hybridized carbons (Fsp3) is 0.462. The van der Waals surface area contributed by atoms with Crippen LogP contribution in [0.5, 0.6) is 0 Å². The second-order valence-corrected chi connectivity index (χ2v) is 6.84. The van der Waals surface area contributed by atoms with Gasteiger partial charge in [-0.1, -0.05) is 12.1 Å². The predicted molar refractivity (Wildman–Crippen MR) is 72.0 cm³/mol. The maximum atomic E-state index is 11.5. The summed E-state index contributed by atoms with van der Waals surface area (Å²) in [7, 11) is -3.67. The Morgan fingerprint density at radius 2 is 1.74 bits per heavy atom. The molecule has 0 aliphatic rings. The SMILES string of the molecule is CC(C)(C)OC(=O)CCc1ccc(S(N)(=O)=O)cc1. The van der Waals surface area contributed by atoms with E-state index in [0.717, 1.165) is 5.56 Å². The van der Waals surface area contributed by atoms with Gasteiger partial charge in [-0.25, -0.2) is 13.6 Å². The second-order valence-electron chi connectivity index (χ2n) is 5.28. The molecule has 0 saturated heterocycles. The Labute approximate surface area is 113 Å². The van der Waals surface area contributed by atoms with E-state index in [-0.39, 0.29) is 17.3 Å². The van der Waals surface area contributed by atoms with Gasteiger partial charge >= 0.3 is 5.97 Å². The van der Waals surface area contributed by atoms with Gasteiger partial charge in [0.1, 0.15) is 5.60 Å². The highest BCUT2D eigenvalue weighted by Crippen LogP contribution is 2.12. The molecule has 2 N–H and O–H groups in total. The number of esters is 1. The monoisotopic (exact) mass is 285 g/mol. The van der Waals surface area contributed by atoms with Crippen molar-refractivity contribution < 1.29 is 17.9 Å². The van der Waals surface area contributed by atoms with Crippen LogP contribution in [-0.2, 0) is 26.0 Å². The molecule has 0 heterocycles. The standard InChI is InChI=1S/C13H19NO4S/c1-13(2,3)18-12(15)9-6-10-4-7-11(8-5-10)19(14,16)17/h4-5,7-8H,6,9H2,1-3H3,(H2,14,16,17). The Morgan fingerprint density at radius 3 is 2.16 bits per heavy atom. The topological polar surface area (TPSA) is 86.5 Å². The van der Waals surface area contributed by atoms with E-state index >= 15 is 0 Å². The van der Waals surface area contributed by atoms with E-state index in [1.807, 2.05) is 20.8 Å². The number of hydrogen-bond donors (Lipinski definition) is 1. The Morgan fingerprint density at radius 1 is 1.21 bits per heavy atom. The molecule has 6 heteroatoms. The number of aryl methyl sites for hydroxylation is 1. The number of carbonyl (C=O) groups excluding carboxylic acids is 1. The third-order valence-electron chi connectivity index (χ3n) is 2.29. The molecule has 0 radical (unpaired) electrons. The quantitative estimate of drug-likeness (QED) is 0.851. The molecule has 1 aromatic carbocycles. The number of sulfonamides is 1. The molecule has 19 heavy (non-hydrogen) atoms. The lowest BCUT2D eigenvalue weighted by Crippen LogP contribution is -2.24. The van der Waals surface area contributed by atoms with Crippen LogP contribution in [0, 0.1) is 0 Å². The van der Waals surface area contributed by atoms with Crippen molar-refractivity contribution in [2.24, 2.45) is 5.14 Å². The van der Waals surface area contributed by atoms with Crippen molar-refractivity contribution in [3.8, 4) is 0 Å². The number of rotatable bonds is 4. The number of hydrogen-bond acceptors (Lipinski definition) is 4. The molecule has 0 unspecified atom stereocenters. The molecule has 0 fully saturated rings. The first kappa shape index (κ1) is 15.7. The third kappa shape index (κ3) is 5.85. The van der Waals surface area contributed by atoms with E-state index in [9.17, 15) is 13.2 Å². The van der Waals surface area contributed by atoms with Crippen LogP contribution in [0.2, 0.25) is 0 Å². The van der Waals surface area contributed by atoms with Crippen LogP contribution < -0.4 is 5.14 Å². The molecule has 0 bridgehead atoms. The van der Waals surface area contributed by atoms with Crippen molar-refractivity contribution in [2.45, 2.75) is 44.1 Å². The van der Waals surface area contributed by atoms with E-state index in [4.69, 9.17) is 9.88 Å². The normalized spacial score (nSPS) is 12.2. The summed E-state index contributed by atoms with van der Waals surface area (Å²) >= 11 is 0. The molecule has 106 valence electrons. The average Bonchev–Trinajstić information content (AvgIpc) is 2.23. The first-order valence-corrected chi connectivity index (χ1v) is 7.46. The van der Waals surface area contributed by atoms with Gasteiger partial charge < -0.3 is 4.74 Å². The van der Waals surface area contributed by atoms with Gasteiger partial charge in [0.15, 0.2) is 0 Å². The summed E-state index contributed by atoms with van der Waals surface area (Å²) in [6.45, 7) is 5.43. The minimum Gasteiger partial charge on any atom is -0.460 e. The minimum absolute atomic E-state index is 0.0634. The third-order valence-corrected chi connectivity index (χ3v) is 3.22. The van der Waals surface area contributed by atoms with Crippen molar-refractivity contribution in [3.63, 3.8) is 0 Å². The minimum atomic E-state index is -3.67. The van der Waals surface area contributed by atoms with Gasteiger partial charge in [0.05, 0.1) is 4.90 Å². The van der Waals surface area contributed by atoms with Crippen molar-refractivity contribution in [1.29, 1.82) is 0 Å². The van der Waals surface area contributed by atoms with Crippen molar-refractivity contribution in [2.75, 3.05) is 0 Å². The summed E-state index contributed by atoms with van der Waals surface area (Å²) in [5, 5.41) is 5.00. The molecular weight excluding hydrogens is 266 g/mol. The molecule has 0 atom stereocenters. The maximum absolute atomic E-state index is 11.5. The molecule has 5 nitrogen and oxygen atoms in total. The highest BCUT2D eigenvalue weighted by atomic mass is 32.2. The molecule has 0 spiro atoms. The van der Waals surface area contributed by atoms with Gasteiger partial charge in [0.2, 0.25) is 10.0 Å². The van der Waals surface area contributed by atoms with Crippen molar-refractivity contribution >= 4 is 16.0 Å². The molecule has 0 aromatic heterocycles. The zero-order valence-corrected chi connectivity index (χ0v) is 12.2. The molecule has 0 saturated carbocycles. The lowest BCUT2D eigenvalue weighted by atomic mass is 10.1. The molecular formula is C13H19NO4S. The zero-order valence-electron chi connectivity index (χ0n) is 11.3. The molecule has 0 aliphatic carbocycles. The van der Waals surface area contributed by atoms with Crippen LogP contribution in [-0.4, -0.2) is 20.0 Å². The van der Waals surface area contributed by atoms with Crippen molar-refractivity contribution in [3.05, 3.63) is 29.8 Å². The summed E-state index contributed by atoms with van der Waals surface area (Å²) in [4.78, 5) is 11.6. The largest absolute Gasteiger partial charge is 0.460 e. The number of primary sulfonamides is 1. The summed E-state index contributed by atoms with van der Waals surface area (Å²) in [5.41, 5.74) is 0.368. The van der Waals surface area contributed by atoms with Crippen LogP contribution in [0.4, 0.5) is 0 Å². The van der Waals surface area contributed by atoms with Gasteiger partial charge in [-0.15, -0.1) is 0 Å². The van der Waals surface area contributed by atoms with Gasteiger partial charge in [-0.3, -0.25) is 4.79 Å². The van der Waals surface area contributed by atoms with Gasteiger partial charge in [-0.05, 0) is 44.9 Å². The van der Waals surface area contributed by atoms with Crippen LogP contribution in [0.3, 0.4) is 0 Å². The van der Waals surface area contributed by atoms with Crippen LogP contribution >= 0.6 is 0 Å². The van der Waals surface area contributed by atoms with E-state index in [2.05, 4.69) is 0 Å². The van der Waals surface area contributed by atoms with Crippen LogP contribution in [0.1, 0.15) is 32.8 Å². The summed E-state index contributed by atoms with van der Waals surface area (Å²) in [6.07, 6.45) is 0.756. The van der Waals surface area contributed by atoms with E-state index < -0.39 is 15.6 Å². The number of benzene rings is 1. The van der Waals surface area contributed by atoms with Gasteiger partial charge in [0, 0.05) is 6.42 Å². The smallest absolute Gasteiger partial charge is 0.306 e. The Balaban J connectivity index is 2.58. The fourth-order valence-electron chi connectivity index (χ4n) is 1.48. The zero-order chi connectivity index (χ0) is 14.7. The number of ether oxygens (including phenoxy) is 1. The Bertz CT molecular complexity index is 541. The average molecular weight is 285 g/mol. The summed E-state index contributed by atoms with van der Waals surface area (Å²) < 4.78 is 27.3. The Hall–Kier alpha value is -1.40. The fourth-order valence-corrected chi connectivity index (χ4v) is 2.00. The van der Waals surface area contributed by atoms with Crippen LogP contribution in [0.25, 0.3) is 0 Å². The highest BCUT2D eigenvalue weighted by Gasteiger charge is 2.16. The first-order valence-electron chi connectivity index (χ1n) is 5.91. The van der Waals surface area contributed by atoms with Crippen molar-refractivity contribution in [1.82, 2.24) is 0 Å². The lowest BCUT2D eigenvalue weighted by molar-refractivity contribution is -0.154. The summed E-state index contributed by atoms with van der Waals surface area (Å²) in [5.74, 6) is -0.275. The van der Waals surface area contributed by atoms with E-state index in [1.165, 1.54) is 12.1 Å². The van der Waals surface area contributed by atoms with E-state index in [1.54, 1.807) is 12.1 Å². The maximum Gasteiger partial charge on any atom is 0.306 e. The molecule has 0 amide bonds. The Kier molecular flexibility index (Phi) is 4.70. The lowest BCUT2D eigenvalue weighted by Gasteiger charge is -2.19. The highest BCUT2D eigenvalue weighted by molar-refractivity contribution is 7.89.